The van der Waals surface area contributed by atoms with Crippen molar-refractivity contribution in [2.24, 2.45) is 5.92 Å². The van der Waals surface area contributed by atoms with E-state index in [4.69, 9.17) is 10.8 Å². The number of H-pyrrole nitrogens is 1. The minimum Gasteiger partial charge on any atom is -0.503 e. The van der Waals surface area contributed by atoms with Crippen LogP contribution < -0.4 is 10.7 Å². The number of rotatable bonds is 9. The number of carbonyl (C=O) groups excluding carboxylic acids is 2. The topological polar surface area (TPSA) is 153 Å². The summed E-state index contributed by atoms with van der Waals surface area (Å²) < 4.78 is 13.1. The van der Waals surface area contributed by atoms with Gasteiger partial charge < -0.3 is 19.9 Å². The lowest BCUT2D eigenvalue weighted by molar-refractivity contribution is -0.130. The number of halogens is 1. The summed E-state index contributed by atoms with van der Waals surface area (Å²) in [6.07, 6.45) is 4.50. The molecule has 1 aromatic heterocycles. The highest BCUT2D eigenvalue weighted by atomic mass is 32.2. The number of benzene rings is 1. The van der Waals surface area contributed by atoms with Crippen molar-refractivity contribution in [1.29, 1.82) is 10.8 Å². The van der Waals surface area contributed by atoms with Gasteiger partial charge in [0.15, 0.2) is 11.4 Å². The van der Waals surface area contributed by atoms with Crippen LogP contribution in [0, 0.1) is 22.6 Å². The molecule has 1 aliphatic carbocycles. The summed E-state index contributed by atoms with van der Waals surface area (Å²) in [5.41, 5.74) is -1.34. The molecule has 12 heteroatoms. The maximum absolute atomic E-state index is 13.6. The van der Waals surface area contributed by atoms with Crippen LogP contribution in [0.5, 0.6) is 5.75 Å². The van der Waals surface area contributed by atoms with Gasteiger partial charge in [0.2, 0.25) is 11.3 Å². The van der Waals surface area contributed by atoms with E-state index in [1.54, 1.807) is 43.1 Å². The first-order valence-corrected chi connectivity index (χ1v) is 14.0. The Morgan fingerprint density at radius 1 is 1.20 bits per heavy atom. The number of thioether (sulfide) groups is 1. The Labute approximate surface area is 237 Å². The highest BCUT2D eigenvalue weighted by Gasteiger charge is 2.42. The molecule has 40 heavy (non-hydrogen) atoms. The van der Waals surface area contributed by atoms with Gasteiger partial charge in [-0.2, -0.15) is 0 Å². The molecule has 5 N–H and O–H groups in total. The fourth-order valence-corrected chi connectivity index (χ4v) is 5.82. The minimum absolute atomic E-state index is 0.0617. The van der Waals surface area contributed by atoms with Gasteiger partial charge in [-0.05, 0) is 63.3 Å². The summed E-state index contributed by atoms with van der Waals surface area (Å²) in [7, 11) is 5.24. The van der Waals surface area contributed by atoms with Crippen LogP contribution in [0.15, 0.2) is 35.3 Å². The molecule has 0 unspecified atom stereocenters. The third kappa shape index (κ3) is 6.97. The van der Waals surface area contributed by atoms with Gasteiger partial charge in [0.25, 0.3) is 5.91 Å². The molecule has 216 valence electrons. The van der Waals surface area contributed by atoms with E-state index in [9.17, 15) is 23.9 Å². The third-order valence-electron chi connectivity index (χ3n) is 7.46. The van der Waals surface area contributed by atoms with Gasteiger partial charge in [-0.15, -0.1) is 0 Å². The monoisotopic (exact) mass is 572 g/mol. The van der Waals surface area contributed by atoms with Crippen molar-refractivity contribution in [3.05, 3.63) is 63.3 Å². The zero-order valence-electron chi connectivity index (χ0n) is 23.3. The second-order valence-corrected chi connectivity index (χ2v) is 11.3. The highest BCUT2D eigenvalue weighted by molar-refractivity contribution is 8.26. The molecule has 10 nitrogen and oxygen atoms in total. The first kappa shape index (κ1) is 31.0. The number of aromatic hydroxyl groups is 1. The van der Waals surface area contributed by atoms with Gasteiger partial charge in [-0.1, -0.05) is 23.9 Å². The number of pyridine rings is 1. The molecule has 1 aliphatic rings. The molecular formula is C28H37FN6O4S. The average Bonchev–Trinajstić information content (AvgIpc) is 2.92. The van der Waals surface area contributed by atoms with Crippen LogP contribution in [-0.4, -0.2) is 75.1 Å². The lowest BCUT2D eigenvalue weighted by Crippen LogP contribution is -2.61. The van der Waals surface area contributed by atoms with Crippen LogP contribution in [0.1, 0.15) is 60.6 Å². The van der Waals surface area contributed by atoms with E-state index in [-0.39, 0.29) is 39.6 Å². The van der Waals surface area contributed by atoms with Crippen LogP contribution in [0.4, 0.5) is 4.39 Å². The van der Waals surface area contributed by atoms with Gasteiger partial charge in [-0.3, -0.25) is 30.5 Å². The minimum atomic E-state index is -0.880. The smallest absolute Gasteiger partial charge is 0.275 e. The van der Waals surface area contributed by atoms with Crippen molar-refractivity contribution in [2.45, 2.75) is 51.1 Å². The van der Waals surface area contributed by atoms with E-state index < -0.39 is 28.6 Å². The first-order chi connectivity index (χ1) is 18.9. The van der Waals surface area contributed by atoms with Crippen LogP contribution in [0.2, 0.25) is 0 Å². The molecule has 2 aromatic rings. The second-order valence-electron chi connectivity index (χ2n) is 10.2. The summed E-state index contributed by atoms with van der Waals surface area (Å²) in [6.45, 7) is 2.14. The van der Waals surface area contributed by atoms with E-state index >= 15 is 0 Å². The molecule has 0 aliphatic heterocycles. The molecule has 0 spiro atoms. The van der Waals surface area contributed by atoms with E-state index in [0.717, 1.165) is 24.6 Å². The molecule has 0 radical (unpaired) electrons. The summed E-state index contributed by atoms with van der Waals surface area (Å²) in [5, 5.41) is 30.3. The summed E-state index contributed by atoms with van der Waals surface area (Å²) in [5.74, 6) is -1.44. The molecule has 1 heterocycles. The molecular weight excluding hydrogens is 535 g/mol. The van der Waals surface area contributed by atoms with E-state index in [2.05, 4.69) is 10.3 Å². The van der Waals surface area contributed by atoms with Crippen LogP contribution >= 0.6 is 11.8 Å². The molecule has 2 amide bonds. The van der Waals surface area contributed by atoms with Crippen molar-refractivity contribution in [1.82, 2.24) is 20.1 Å². The average molecular weight is 573 g/mol. The van der Waals surface area contributed by atoms with Crippen molar-refractivity contribution in [3.63, 3.8) is 0 Å². The molecule has 1 aromatic carbocycles. The number of hydrogen-bond acceptors (Lipinski definition) is 8. The molecule has 1 saturated carbocycles. The van der Waals surface area contributed by atoms with E-state index in [0.29, 0.717) is 31.4 Å². The SMILES string of the molecule is CCN(C(=O)c1[nH]cc(C(=N)SC(=N)Cc2ccc(F)cc2)c(=O)c1O)C1(NC)CCC(CC(=O)N(C)C)CC1. The number of nitrogens with one attached hydrogen (secondary N) is 4. The maximum atomic E-state index is 13.6. The molecule has 0 atom stereocenters. The normalized spacial score (nSPS) is 18.7. The number of carbonyl (C=O) groups is 2. The Morgan fingerprint density at radius 3 is 2.38 bits per heavy atom. The number of amides is 2. The second kappa shape index (κ2) is 13.2. The summed E-state index contributed by atoms with van der Waals surface area (Å²) in [6, 6.07) is 5.65. The Kier molecular flexibility index (Phi) is 10.3. The summed E-state index contributed by atoms with van der Waals surface area (Å²) in [4.78, 5) is 44.7. The van der Waals surface area contributed by atoms with Crippen molar-refractivity contribution in [2.75, 3.05) is 27.7 Å². The number of aromatic amines is 1. The van der Waals surface area contributed by atoms with E-state index in [1.807, 2.05) is 6.92 Å². The van der Waals surface area contributed by atoms with Gasteiger partial charge in [-0.25, -0.2) is 4.39 Å². The summed E-state index contributed by atoms with van der Waals surface area (Å²) >= 11 is 0.741. The van der Waals surface area contributed by atoms with Gasteiger partial charge in [0.05, 0.1) is 16.3 Å². The number of aromatic nitrogens is 1. The van der Waals surface area contributed by atoms with Crippen molar-refractivity contribution < 1.29 is 19.1 Å². The lowest BCUT2D eigenvalue weighted by atomic mass is 9.79. The zero-order chi connectivity index (χ0) is 29.6. The van der Waals surface area contributed by atoms with Crippen molar-refractivity contribution in [3.8, 4) is 5.75 Å². The largest absolute Gasteiger partial charge is 0.503 e. The maximum Gasteiger partial charge on any atom is 0.275 e. The predicted molar refractivity (Wildman–Crippen MR) is 155 cm³/mol. The Morgan fingerprint density at radius 2 is 1.82 bits per heavy atom. The predicted octanol–water partition coefficient (Wildman–Crippen LogP) is 3.54. The van der Waals surface area contributed by atoms with Crippen LogP contribution in [0.25, 0.3) is 0 Å². The van der Waals surface area contributed by atoms with Crippen molar-refractivity contribution >= 4 is 33.7 Å². The fourth-order valence-electron chi connectivity index (χ4n) is 5.07. The third-order valence-corrected chi connectivity index (χ3v) is 8.27. The van der Waals surface area contributed by atoms with Gasteiger partial charge in [0, 0.05) is 39.7 Å². The Balaban J connectivity index is 1.74. The van der Waals surface area contributed by atoms with Gasteiger partial charge in [0.1, 0.15) is 10.9 Å². The van der Waals surface area contributed by atoms with Crippen LogP contribution in [-0.2, 0) is 11.2 Å². The Hall–Kier alpha value is -3.51. The zero-order valence-corrected chi connectivity index (χ0v) is 24.1. The highest BCUT2D eigenvalue weighted by Crippen LogP contribution is 2.37. The molecule has 3 rings (SSSR count). The first-order valence-electron chi connectivity index (χ1n) is 13.2. The molecule has 0 saturated heterocycles. The fraction of sp³-hybridized carbons (Fsp3) is 0.464. The number of nitrogens with zero attached hydrogens (tertiary/aromatic N) is 2. The number of hydrogen-bond donors (Lipinski definition) is 5. The lowest BCUT2D eigenvalue weighted by Gasteiger charge is -2.47. The molecule has 0 bridgehead atoms. The standard InChI is InChI=1S/C28H37FN6O4S/c1-5-35(28(32-2)12-10-18(11-13-28)15-22(36)34(3)4)27(39)23-25(38)24(37)20(16-33-23)26(31)40-21(30)14-17-6-8-19(29)9-7-17/h6-9,16,18,30-32,38H,5,10-15H2,1-4H3,(H,33,37). The van der Waals surface area contributed by atoms with Gasteiger partial charge >= 0.3 is 0 Å². The quantitative estimate of drug-likeness (QED) is 0.176. The van der Waals surface area contributed by atoms with E-state index in [1.165, 1.54) is 18.3 Å². The Bertz CT molecular complexity index is 1320. The van der Waals surface area contributed by atoms with Crippen LogP contribution in [0.3, 0.4) is 0 Å². The molecule has 1 fully saturated rings.